The number of fused-ring (bicyclic) bond motifs is 4. The minimum Gasteiger partial charge on any atom is -0.497 e. The number of esters is 1. The van der Waals surface area contributed by atoms with E-state index in [2.05, 4.69) is 22.0 Å². The van der Waals surface area contributed by atoms with Crippen molar-refractivity contribution >= 4 is 27.6 Å². The predicted molar refractivity (Wildman–Crippen MR) is 131 cm³/mol. The first-order valence-corrected chi connectivity index (χ1v) is 12.0. The van der Waals surface area contributed by atoms with Crippen molar-refractivity contribution in [1.29, 1.82) is 0 Å². The van der Waals surface area contributed by atoms with Crippen LogP contribution in [-0.4, -0.2) is 35.6 Å². The van der Waals surface area contributed by atoms with Crippen LogP contribution in [0.3, 0.4) is 0 Å². The fraction of sp³-hybridized carbons (Fsp3) is 0.259. The number of nitrogens with zero attached hydrogens (tertiary/aromatic N) is 2. The largest absolute Gasteiger partial charge is 0.497 e. The van der Waals surface area contributed by atoms with Crippen molar-refractivity contribution in [2.45, 2.75) is 37.6 Å². The summed E-state index contributed by atoms with van der Waals surface area (Å²) in [6.45, 7) is 1.97. The van der Waals surface area contributed by atoms with Gasteiger partial charge in [-0.15, -0.1) is 0 Å². The van der Waals surface area contributed by atoms with Crippen LogP contribution in [0.2, 0.25) is 0 Å². The van der Waals surface area contributed by atoms with Crippen molar-refractivity contribution in [1.82, 2.24) is 5.01 Å². The maximum absolute atomic E-state index is 12.9. The van der Waals surface area contributed by atoms with E-state index in [0.717, 1.165) is 38.4 Å². The lowest BCUT2D eigenvalue weighted by atomic mass is 9.89. The number of cyclic esters (lactones) is 1. The average molecular weight is 519 g/mol. The van der Waals surface area contributed by atoms with E-state index in [-0.39, 0.29) is 12.0 Å². The number of carbonyl (C=O) groups is 1. The number of rotatable bonds is 3. The van der Waals surface area contributed by atoms with Gasteiger partial charge in [-0.05, 0) is 59.7 Å². The Bertz CT molecular complexity index is 1320. The van der Waals surface area contributed by atoms with Crippen LogP contribution in [0, 0.1) is 0 Å². The highest BCUT2D eigenvalue weighted by atomic mass is 79.9. The molecule has 0 radical (unpaired) electrons. The second kappa shape index (κ2) is 7.87. The molecule has 3 aromatic rings. The number of benzene rings is 3. The molecule has 3 aliphatic rings. The second-order valence-corrected chi connectivity index (χ2v) is 9.85. The molecule has 0 spiro atoms. The molecule has 6 nitrogen and oxygen atoms in total. The Morgan fingerprint density at radius 2 is 1.88 bits per heavy atom. The lowest BCUT2D eigenvalue weighted by Gasteiger charge is -2.49. The molecular formula is C27H23BrN2O4. The number of halogens is 1. The van der Waals surface area contributed by atoms with Gasteiger partial charge in [0.1, 0.15) is 11.5 Å². The van der Waals surface area contributed by atoms with Crippen molar-refractivity contribution in [3.63, 3.8) is 0 Å². The van der Waals surface area contributed by atoms with Gasteiger partial charge in [0.25, 0.3) is 0 Å². The minimum absolute atomic E-state index is 0.0424. The van der Waals surface area contributed by atoms with Gasteiger partial charge in [-0.3, -0.25) is 0 Å². The lowest BCUT2D eigenvalue weighted by molar-refractivity contribution is -0.175. The monoisotopic (exact) mass is 518 g/mol. The highest BCUT2D eigenvalue weighted by Crippen LogP contribution is 2.50. The number of methoxy groups -OCH3 is 1. The van der Waals surface area contributed by atoms with Gasteiger partial charge in [-0.2, -0.15) is 5.10 Å². The van der Waals surface area contributed by atoms with Crippen LogP contribution >= 0.6 is 15.9 Å². The smallest absolute Gasteiger partial charge is 0.338 e. The molecule has 3 atom stereocenters. The van der Waals surface area contributed by atoms with Crippen molar-refractivity contribution < 1.29 is 19.0 Å². The zero-order valence-electron chi connectivity index (χ0n) is 18.8. The second-order valence-electron chi connectivity index (χ2n) is 8.93. The zero-order chi connectivity index (χ0) is 23.4. The molecule has 0 aromatic heterocycles. The van der Waals surface area contributed by atoms with Crippen LogP contribution in [0.25, 0.3) is 0 Å². The highest BCUT2D eigenvalue weighted by Gasteiger charge is 2.54. The van der Waals surface area contributed by atoms with E-state index in [9.17, 15) is 4.79 Å². The van der Waals surface area contributed by atoms with Gasteiger partial charge in [-0.1, -0.05) is 34.1 Å². The lowest BCUT2D eigenvalue weighted by Crippen LogP contribution is -2.61. The molecule has 3 heterocycles. The maximum Gasteiger partial charge on any atom is 0.338 e. The first-order valence-electron chi connectivity index (χ1n) is 11.2. The zero-order valence-corrected chi connectivity index (χ0v) is 20.4. The number of ether oxygens (including phenoxy) is 3. The molecule has 34 heavy (non-hydrogen) atoms. The molecule has 0 aliphatic carbocycles. The summed E-state index contributed by atoms with van der Waals surface area (Å²) in [5.41, 5.74) is 3.65. The Balaban J connectivity index is 1.43. The molecular weight excluding hydrogens is 496 g/mol. The fourth-order valence-electron chi connectivity index (χ4n) is 5.11. The van der Waals surface area contributed by atoms with E-state index in [4.69, 9.17) is 19.3 Å². The summed E-state index contributed by atoms with van der Waals surface area (Å²) in [5, 5.41) is 7.04. The number of hydrogen-bond donors (Lipinski definition) is 0. The quantitative estimate of drug-likeness (QED) is 0.428. The number of hydrazone groups is 1. The third kappa shape index (κ3) is 3.29. The third-order valence-corrected chi connectivity index (χ3v) is 7.42. The average Bonchev–Trinajstić information content (AvgIpc) is 3.32. The van der Waals surface area contributed by atoms with Gasteiger partial charge < -0.3 is 14.2 Å². The van der Waals surface area contributed by atoms with E-state index in [1.165, 1.54) is 0 Å². The van der Waals surface area contributed by atoms with Crippen molar-refractivity contribution in [2.24, 2.45) is 5.10 Å². The maximum atomic E-state index is 12.9. The molecule has 0 unspecified atom stereocenters. The van der Waals surface area contributed by atoms with E-state index in [1.54, 1.807) is 7.11 Å². The highest BCUT2D eigenvalue weighted by molar-refractivity contribution is 9.10. The summed E-state index contributed by atoms with van der Waals surface area (Å²) < 4.78 is 18.9. The number of carbonyl (C=O) groups excluding carboxylic acids is 1. The predicted octanol–water partition coefficient (Wildman–Crippen LogP) is 5.50. The fourth-order valence-corrected chi connectivity index (χ4v) is 5.48. The first-order chi connectivity index (χ1) is 16.5. The Morgan fingerprint density at radius 1 is 1.09 bits per heavy atom. The number of hydrogen-bond acceptors (Lipinski definition) is 6. The van der Waals surface area contributed by atoms with Gasteiger partial charge in [-0.25, -0.2) is 9.80 Å². The molecule has 3 aromatic carbocycles. The molecule has 3 aliphatic heterocycles. The SMILES string of the molecule is COc1ccc(C2=NN3[C@@H](C2)c2cc(Br)ccc2O[C@]3(C)[C@@H]2Cc3ccccc3C(=O)O2)cc1. The van der Waals surface area contributed by atoms with Gasteiger partial charge in [0, 0.05) is 29.8 Å². The van der Waals surface area contributed by atoms with Crippen LogP contribution < -0.4 is 9.47 Å². The van der Waals surface area contributed by atoms with Gasteiger partial charge in [0.2, 0.25) is 5.72 Å². The molecule has 0 fully saturated rings. The Morgan fingerprint density at radius 3 is 2.68 bits per heavy atom. The van der Waals surface area contributed by atoms with E-state index in [1.807, 2.05) is 72.6 Å². The Kier molecular flexibility index (Phi) is 4.92. The van der Waals surface area contributed by atoms with Crippen molar-refractivity contribution in [3.8, 4) is 11.5 Å². The molecule has 0 amide bonds. The van der Waals surface area contributed by atoms with Gasteiger partial charge in [0.05, 0.1) is 24.4 Å². The van der Waals surface area contributed by atoms with Crippen LogP contribution in [-0.2, 0) is 11.2 Å². The van der Waals surface area contributed by atoms with E-state index in [0.29, 0.717) is 18.4 Å². The van der Waals surface area contributed by atoms with Crippen LogP contribution in [0.15, 0.2) is 76.3 Å². The molecule has 6 rings (SSSR count). The summed E-state index contributed by atoms with van der Waals surface area (Å²) in [6.07, 6.45) is 0.750. The minimum atomic E-state index is -0.969. The standard InChI is InChI=1S/C27H23BrN2O4/c1-27(25-13-17-5-3-4-6-20(17)26(31)33-25)30-23(21-14-18(28)9-12-24(21)34-27)15-22(29-30)16-7-10-19(32-2)11-8-16/h3-12,14,23,25H,13,15H2,1-2H3/t23-,25-,27+/m0/s1. The van der Waals surface area contributed by atoms with Crippen LogP contribution in [0.4, 0.5) is 0 Å². The van der Waals surface area contributed by atoms with Gasteiger partial charge in [0.15, 0.2) is 6.10 Å². The summed E-state index contributed by atoms with van der Waals surface area (Å²) in [4.78, 5) is 12.9. The molecule has 0 saturated carbocycles. The summed E-state index contributed by atoms with van der Waals surface area (Å²) in [5.74, 6) is 1.26. The molecule has 7 heteroatoms. The van der Waals surface area contributed by atoms with Gasteiger partial charge >= 0.3 is 5.97 Å². The molecule has 0 N–H and O–H groups in total. The van der Waals surface area contributed by atoms with E-state index >= 15 is 0 Å². The first kappa shape index (κ1) is 21.2. The summed E-state index contributed by atoms with van der Waals surface area (Å²) in [7, 11) is 1.66. The van der Waals surface area contributed by atoms with Crippen molar-refractivity contribution in [3.05, 3.63) is 93.5 Å². The van der Waals surface area contributed by atoms with E-state index < -0.39 is 11.8 Å². The van der Waals surface area contributed by atoms with Crippen molar-refractivity contribution in [2.75, 3.05) is 7.11 Å². The Hall–Kier alpha value is -3.32. The summed E-state index contributed by atoms with van der Waals surface area (Å²) in [6, 6.07) is 21.5. The van der Waals surface area contributed by atoms with Crippen LogP contribution in [0.5, 0.6) is 11.5 Å². The Labute approximate surface area is 206 Å². The topological polar surface area (TPSA) is 60.4 Å². The summed E-state index contributed by atoms with van der Waals surface area (Å²) >= 11 is 3.60. The molecule has 172 valence electrons. The third-order valence-electron chi connectivity index (χ3n) is 6.93. The molecule has 0 saturated heterocycles. The molecule has 0 bridgehead atoms. The van der Waals surface area contributed by atoms with Crippen LogP contribution in [0.1, 0.15) is 46.4 Å². The normalized spacial score (nSPS) is 24.9.